The Hall–Kier alpha value is -1.06. The maximum Gasteiger partial charge on any atom is 0.325 e. The van der Waals surface area contributed by atoms with E-state index in [0.29, 0.717) is 6.42 Å². The summed E-state index contributed by atoms with van der Waals surface area (Å²) >= 11 is 0. The van der Waals surface area contributed by atoms with Crippen molar-refractivity contribution < 1.29 is 14.3 Å². The highest BCUT2D eigenvalue weighted by molar-refractivity contribution is 5.82. The van der Waals surface area contributed by atoms with Gasteiger partial charge in [-0.1, -0.05) is 26.2 Å². The lowest BCUT2D eigenvalue weighted by atomic mass is 10.1. The molecular formula is C13H23NO3. The monoisotopic (exact) mass is 241 g/mol. The molecule has 1 aliphatic rings. The molecule has 17 heavy (non-hydrogen) atoms. The average Bonchev–Trinajstić information content (AvgIpc) is 2.86. The zero-order valence-corrected chi connectivity index (χ0v) is 10.9. The van der Waals surface area contributed by atoms with E-state index in [1.165, 1.54) is 7.11 Å². The van der Waals surface area contributed by atoms with Crippen molar-refractivity contribution in [2.24, 2.45) is 0 Å². The van der Waals surface area contributed by atoms with Gasteiger partial charge in [-0.25, -0.2) is 0 Å². The molecule has 0 spiro atoms. The predicted molar refractivity (Wildman–Crippen MR) is 65.5 cm³/mol. The lowest BCUT2D eigenvalue weighted by Crippen LogP contribution is -2.42. The van der Waals surface area contributed by atoms with Gasteiger partial charge in [-0.2, -0.15) is 0 Å². The Balaban J connectivity index is 2.56. The summed E-state index contributed by atoms with van der Waals surface area (Å²) in [6, 6.07) is 0.249. The number of rotatable bonds is 6. The Labute approximate surface area is 103 Å². The second-order valence-electron chi connectivity index (χ2n) is 4.64. The van der Waals surface area contributed by atoms with E-state index in [9.17, 15) is 9.59 Å². The number of hydrogen-bond donors (Lipinski definition) is 0. The van der Waals surface area contributed by atoms with Crippen LogP contribution < -0.4 is 0 Å². The van der Waals surface area contributed by atoms with Gasteiger partial charge < -0.3 is 9.64 Å². The van der Waals surface area contributed by atoms with Crippen LogP contribution in [0.25, 0.3) is 0 Å². The molecule has 98 valence electrons. The molecule has 0 bridgehead atoms. The van der Waals surface area contributed by atoms with E-state index in [4.69, 9.17) is 0 Å². The normalized spacial score (nSPS) is 15.9. The first-order valence-electron chi connectivity index (χ1n) is 6.55. The van der Waals surface area contributed by atoms with Crippen molar-refractivity contribution in [3.05, 3.63) is 0 Å². The van der Waals surface area contributed by atoms with Crippen molar-refractivity contribution in [3.8, 4) is 0 Å². The van der Waals surface area contributed by atoms with E-state index in [0.717, 1.165) is 38.5 Å². The summed E-state index contributed by atoms with van der Waals surface area (Å²) in [6.07, 6.45) is 6.80. The highest BCUT2D eigenvalue weighted by Gasteiger charge is 2.27. The zero-order chi connectivity index (χ0) is 12.7. The van der Waals surface area contributed by atoms with Crippen LogP contribution >= 0.6 is 0 Å². The van der Waals surface area contributed by atoms with Gasteiger partial charge in [0.25, 0.3) is 0 Å². The summed E-state index contributed by atoms with van der Waals surface area (Å²) in [5.74, 6) is -0.217. The van der Waals surface area contributed by atoms with Crippen molar-refractivity contribution in [3.63, 3.8) is 0 Å². The molecule has 1 rings (SSSR count). The van der Waals surface area contributed by atoms with Crippen LogP contribution in [-0.4, -0.2) is 36.5 Å². The van der Waals surface area contributed by atoms with Crippen LogP contribution in [0.2, 0.25) is 0 Å². The SMILES string of the molecule is CCCCC(=O)N(CC(=O)OC)C1CCCC1. The number of amides is 1. The van der Waals surface area contributed by atoms with Gasteiger partial charge >= 0.3 is 5.97 Å². The summed E-state index contributed by atoms with van der Waals surface area (Å²) in [5, 5.41) is 0. The number of carbonyl (C=O) groups is 2. The second kappa shape index (κ2) is 7.30. The minimum atomic E-state index is -0.318. The molecule has 0 heterocycles. The van der Waals surface area contributed by atoms with Crippen molar-refractivity contribution in [2.45, 2.75) is 57.9 Å². The summed E-state index contributed by atoms with van der Waals surface area (Å²) in [4.78, 5) is 25.1. The first-order chi connectivity index (χ1) is 8.19. The van der Waals surface area contributed by atoms with Gasteiger partial charge in [0.15, 0.2) is 0 Å². The number of unbranched alkanes of at least 4 members (excludes halogenated alkanes) is 1. The second-order valence-corrected chi connectivity index (χ2v) is 4.64. The van der Waals surface area contributed by atoms with Gasteiger partial charge in [-0.3, -0.25) is 9.59 Å². The molecular weight excluding hydrogens is 218 g/mol. The number of hydrogen-bond acceptors (Lipinski definition) is 3. The Kier molecular flexibility index (Phi) is 6.01. The summed E-state index contributed by atoms with van der Waals surface area (Å²) in [7, 11) is 1.37. The third-order valence-corrected chi connectivity index (χ3v) is 3.36. The van der Waals surface area contributed by atoms with Gasteiger partial charge in [0.1, 0.15) is 6.54 Å². The van der Waals surface area contributed by atoms with Crippen LogP contribution in [0.1, 0.15) is 51.9 Å². The lowest BCUT2D eigenvalue weighted by molar-refractivity contribution is -0.148. The van der Waals surface area contributed by atoms with Crippen LogP contribution in [-0.2, 0) is 14.3 Å². The van der Waals surface area contributed by atoms with E-state index >= 15 is 0 Å². The molecule has 1 amide bonds. The van der Waals surface area contributed by atoms with Gasteiger partial charge in [-0.15, -0.1) is 0 Å². The molecule has 0 aliphatic heterocycles. The van der Waals surface area contributed by atoms with Crippen molar-refractivity contribution in [1.29, 1.82) is 0 Å². The molecule has 0 unspecified atom stereocenters. The lowest BCUT2D eigenvalue weighted by Gasteiger charge is -2.27. The standard InChI is InChI=1S/C13H23NO3/c1-3-4-9-12(15)14(10-13(16)17-2)11-7-5-6-8-11/h11H,3-10H2,1-2H3. The predicted octanol–water partition coefficient (Wildman–Crippen LogP) is 2.12. The number of ether oxygens (including phenoxy) is 1. The number of esters is 1. The van der Waals surface area contributed by atoms with Gasteiger partial charge in [-0.05, 0) is 19.3 Å². The zero-order valence-electron chi connectivity index (χ0n) is 10.9. The third-order valence-electron chi connectivity index (χ3n) is 3.36. The molecule has 0 aromatic rings. The first-order valence-corrected chi connectivity index (χ1v) is 6.55. The summed E-state index contributed by atoms with van der Waals surface area (Å²) < 4.78 is 4.66. The number of nitrogens with zero attached hydrogens (tertiary/aromatic N) is 1. The van der Waals surface area contributed by atoms with Gasteiger partial charge in [0, 0.05) is 12.5 Å². The molecule has 0 atom stereocenters. The number of carbonyl (C=O) groups excluding carboxylic acids is 2. The smallest absolute Gasteiger partial charge is 0.325 e. The first kappa shape index (κ1) is 14.0. The largest absolute Gasteiger partial charge is 0.468 e. The third kappa shape index (κ3) is 4.36. The van der Waals surface area contributed by atoms with E-state index in [1.54, 1.807) is 4.90 Å². The van der Waals surface area contributed by atoms with Crippen molar-refractivity contribution in [2.75, 3.05) is 13.7 Å². The summed E-state index contributed by atoms with van der Waals surface area (Å²) in [5.41, 5.74) is 0. The Morgan fingerprint density at radius 1 is 1.29 bits per heavy atom. The van der Waals surface area contributed by atoms with Crippen LogP contribution in [0, 0.1) is 0 Å². The molecule has 4 heteroatoms. The molecule has 0 aromatic heterocycles. The van der Waals surface area contributed by atoms with Gasteiger partial charge in [0.2, 0.25) is 5.91 Å². The minimum absolute atomic E-state index is 0.101. The fourth-order valence-electron chi connectivity index (χ4n) is 2.31. The van der Waals surface area contributed by atoms with Crippen LogP contribution in [0.4, 0.5) is 0 Å². The van der Waals surface area contributed by atoms with E-state index in [2.05, 4.69) is 11.7 Å². The molecule has 4 nitrogen and oxygen atoms in total. The van der Waals surface area contributed by atoms with E-state index < -0.39 is 0 Å². The van der Waals surface area contributed by atoms with E-state index in [1.807, 2.05) is 0 Å². The van der Waals surface area contributed by atoms with Gasteiger partial charge in [0.05, 0.1) is 7.11 Å². The fraction of sp³-hybridized carbons (Fsp3) is 0.846. The van der Waals surface area contributed by atoms with Crippen LogP contribution in [0.5, 0.6) is 0 Å². The number of methoxy groups -OCH3 is 1. The quantitative estimate of drug-likeness (QED) is 0.669. The maximum absolute atomic E-state index is 12.1. The highest BCUT2D eigenvalue weighted by Crippen LogP contribution is 2.24. The topological polar surface area (TPSA) is 46.6 Å². The Bertz CT molecular complexity index is 259. The molecule has 0 radical (unpaired) electrons. The molecule has 1 aliphatic carbocycles. The Morgan fingerprint density at radius 3 is 2.47 bits per heavy atom. The minimum Gasteiger partial charge on any atom is -0.468 e. The maximum atomic E-state index is 12.1. The molecule has 0 saturated heterocycles. The fourth-order valence-corrected chi connectivity index (χ4v) is 2.31. The highest BCUT2D eigenvalue weighted by atomic mass is 16.5. The van der Waals surface area contributed by atoms with E-state index in [-0.39, 0.29) is 24.5 Å². The van der Waals surface area contributed by atoms with Crippen LogP contribution in [0.3, 0.4) is 0 Å². The molecule has 1 fully saturated rings. The van der Waals surface area contributed by atoms with Crippen molar-refractivity contribution >= 4 is 11.9 Å². The Morgan fingerprint density at radius 2 is 1.94 bits per heavy atom. The molecule has 1 saturated carbocycles. The van der Waals surface area contributed by atoms with Crippen LogP contribution in [0.15, 0.2) is 0 Å². The summed E-state index contributed by atoms with van der Waals surface area (Å²) in [6.45, 7) is 2.18. The van der Waals surface area contributed by atoms with Crippen molar-refractivity contribution in [1.82, 2.24) is 4.90 Å². The molecule has 0 N–H and O–H groups in total. The molecule has 0 aromatic carbocycles. The average molecular weight is 241 g/mol.